The molecule has 0 atom stereocenters. The molecule has 20 heavy (non-hydrogen) atoms. The van der Waals surface area contributed by atoms with Crippen molar-refractivity contribution in [2.45, 2.75) is 57.9 Å². The Bertz CT molecular complexity index is 276. The van der Waals surface area contributed by atoms with Crippen LogP contribution in [0.5, 0.6) is 0 Å². The van der Waals surface area contributed by atoms with E-state index in [-0.39, 0.29) is 24.0 Å². The zero-order valence-corrected chi connectivity index (χ0v) is 15.0. The molecule has 2 aliphatic rings. The number of halogens is 1. The van der Waals surface area contributed by atoms with Gasteiger partial charge in [-0.05, 0) is 38.5 Å². The number of rotatable bonds is 7. The van der Waals surface area contributed by atoms with Crippen molar-refractivity contribution in [3.63, 3.8) is 0 Å². The Morgan fingerprint density at radius 2 is 1.90 bits per heavy atom. The van der Waals surface area contributed by atoms with Crippen molar-refractivity contribution >= 4 is 29.9 Å². The molecule has 0 bridgehead atoms. The summed E-state index contributed by atoms with van der Waals surface area (Å²) in [5.41, 5.74) is 0. The highest BCUT2D eigenvalue weighted by molar-refractivity contribution is 14.0. The summed E-state index contributed by atoms with van der Waals surface area (Å²) >= 11 is 0. The van der Waals surface area contributed by atoms with Gasteiger partial charge < -0.3 is 15.4 Å². The first kappa shape index (κ1) is 18.0. The van der Waals surface area contributed by atoms with Gasteiger partial charge in [0, 0.05) is 19.2 Å². The van der Waals surface area contributed by atoms with E-state index in [0.29, 0.717) is 6.04 Å². The lowest BCUT2D eigenvalue weighted by atomic mass is 9.96. The van der Waals surface area contributed by atoms with Gasteiger partial charge in [0.25, 0.3) is 0 Å². The second kappa shape index (κ2) is 10.7. The molecule has 0 amide bonds. The van der Waals surface area contributed by atoms with Gasteiger partial charge in [-0.15, -0.1) is 24.0 Å². The second-order valence-corrected chi connectivity index (χ2v) is 5.76. The van der Waals surface area contributed by atoms with Gasteiger partial charge in [0.1, 0.15) is 0 Å². The summed E-state index contributed by atoms with van der Waals surface area (Å²) in [5, 5.41) is 6.88. The van der Waals surface area contributed by atoms with Gasteiger partial charge in [-0.2, -0.15) is 0 Å². The molecule has 2 fully saturated rings. The SMILES string of the molecule is CCNC(=NCCOCC1CC1)NC1CCCCC1.I. The number of hydrogen-bond donors (Lipinski definition) is 2. The predicted molar refractivity (Wildman–Crippen MR) is 94.9 cm³/mol. The first-order valence-electron chi connectivity index (χ1n) is 8.01. The zero-order chi connectivity index (χ0) is 13.3. The Balaban J connectivity index is 0.00000200. The van der Waals surface area contributed by atoms with E-state index in [2.05, 4.69) is 22.5 Å². The summed E-state index contributed by atoms with van der Waals surface area (Å²) in [5.74, 6) is 1.81. The van der Waals surface area contributed by atoms with Crippen LogP contribution in [0.4, 0.5) is 0 Å². The minimum atomic E-state index is 0. The Kier molecular flexibility index (Phi) is 9.59. The van der Waals surface area contributed by atoms with E-state index in [1.165, 1.54) is 44.9 Å². The van der Waals surface area contributed by atoms with Crippen LogP contribution < -0.4 is 10.6 Å². The highest BCUT2D eigenvalue weighted by Crippen LogP contribution is 2.28. The number of nitrogens with zero attached hydrogens (tertiary/aromatic N) is 1. The Labute approximate surface area is 140 Å². The van der Waals surface area contributed by atoms with Crippen LogP contribution in [0.2, 0.25) is 0 Å². The topological polar surface area (TPSA) is 45.7 Å². The van der Waals surface area contributed by atoms with Crippen LogP contribution in [0, 0.1) is 5.92 Å². The maximum atomic E-state index is 5.61. The number of hydrogen-bond acceptors (Lipinski definition) is 2. The number of aliphatic imine (C=N–C) groups is 1. The van der Waals surface area contributed by atoms with Crippen molar-refractivity contribution in [3.05, 3.63) is 0 Å². The summed E-state index contributed by atoms with van der Waals surface area (Å²) in [6, 6.07) is 0.610. The zero-order valence-electron chi connectivity index (χ0n) is 12.7. The molecule has 0 radical (unpaired) electrons. The van der Waals surface area contributed by atoms with Crippen LogP contribution in [-0.2, 0) is 4.74 Å². The first-order chi connectivity index (χ1) is 9.38. The summed E-state index contributed by atoms with van der Waals surface area (Å²) < 4.78 is 5.61. The normalized spacial score (nSPS) is 20.4. The van der Waals surface area contributed by atoms with Crippen LogP contribution in [0.1, 0.15) is 51.9 Å². The largest absolute Gasteiger partial charge is 0.379 e. The molecule has 0 aromatic heterocycles. The third-order valence-electron chi connectivity index (χ3n) is 3.85. The van der Waals surface area contributed by atoms with Crippen molar-refractivity contribution in [1.29, 1.82) is 0 Å². The van der Waals surface area contributed by atoms with Gasteiger partial charge in [-0.3, -0.25) is 4.99 Å². The van der Waals surface area contributed by atoms with E-state index in [9.17, 15) is 0 Å². The summed E-state index contributed by atoms with van der Waals surface area (Å²) in [7, 11) is 0. The van der Waals surface area contributed by atoms with E-state index in [1.54, 1.807) is 0 Å². The van der Waals surface area contributed by atoms with Gasteiger partial charge in [0.05, 0.1) is 13.2 Å². The molecule has 2 aliphatic carbocycles. The van der Waals surface area contributed by atoms with Gasteiger partial charge in [-0.25, -0.2) is 0 Å². The molecule has 0 aromatic rings. The standard InChI is InChI=1S/C15H29N3O.HI/c1-2-16-15(18-14-6-4-3-5-7-14)17-10-11-19-12-13-8-9-13;/h13-14H,2-12H2,1H3,(H2,16,17,18);1H. The Morgan fingerprint density at radius 3 is 2.55 bits per heavy atom. The average Bonchev–Trinajstić information content (AvgIpc) is 3.24. The van der Waals surface area contributed by atoms with Gasteiger partial charge in [0.2, 0.25) is 0 Å². The smallest absolute Gasteiger partial charge is 0.191 e. The van der Waals surface area contributed by atoms with Crippen LogP contribution in [0.15, 0.2) is 4.99 Å². The van der Waals surface area contributed by atoms with Crippen LogP contribution >= 0.6 is 24.0 Å². The van der Waals surface area contributed by atoms with Gasteiger partial charge in [0.15, 0.2) is 5.96 Å². The average molecular weight is 395 g/mol. The summed E-state index contributed by atoms with van der Waals surface area (Å²) in [4.78, 5) is 4.59. The fourth-order valence-electron chi connectivity index (χ4n) is 2.52. The van der Waals surface area contributed by atoms with Crippen LogP contribution in [-0.4, -0.2) is 38.3 Å². The predicted octanol–water partition coefficient (Wildman–Crippen LogP) is 2.92. The van der Waals surface area contributed by atoms with E-state index < -0.39 is 0 Å². The van der Waals surface area contributed by atoms with E-state index in [0.717, 1.165) is 38.2 Å². The van der Waals surface area contributed by atoms with Crippen LogP contribution in [0.25, 0.3) is 0 Å². The van der Waals surface area contributed by atoms with Gasteiger partial charge >= 0.3 is 0 Å². The molecule has 118 valence electrons. The molecular formula is C15H30IN3O. The Morgan fingerprint density at radius 1 is 1.15 bits per heavy atom. The first-order valence-corrected chi connectivity index (χ1v) is 8.01. The number of ether oxygens (including phenoxy) is 1. The minimum Gasteiger partial charge on any atom is -0.379 e. The minimum absolute atomic E-state index is 0. The lowest BCUT2D eigenvalue weighted by Crippen LogP contribution is -2.44. The van der Waals surface area contributed by atoms with E-state index in [4.69, 9.17) is 4.74 Å². The van der Waals surface area contributed by atoms with E-state index >= 15 is 0 Å². The molecule has 0 saturated heterocycles. The van der Waals surface area contributed by atoms with Crippen molar-refractivity contribution in [3.8, 4) is 0 Å². The van der Waals surface area contributed by atoms with Crippen molar-refractivity contribution in [2.75, 3.05) is 26.3 Å². The maximum absolute atomic E-state index is 5.61. The van der Waals surface area contributed by atoms with Gasteiger partial charge in [-0.1, -0.05) is 19.3 Å². The Hall–Kier alpha value is -0.0400. The third kappa shape index (κ3) is 7.67. The molecule has 0 aliphatic heterocycles. The molecule has 0 spiro atoms. The molecule has 0 heterocycles. The fourth-order valence-corrected chi connectivity index (χ4v) is 2.52. The number of nitrogens with one attached hydrogen (secondary N) is 2. The summed E-state index contributed by atoms with van der Waals surface area (Å²) in [6.45, 7) is 5.47. The van der Waals surface area contributed by atoms with Crippen molar-refractivity contribution in [2.24, 2.45) is 10.9 Å². The lowest BCUT2D eigenvalue weighted by molar-refractivity contribution is 0.131. The lowest BCUT2D eigenvalue weighted by Gasteiger charge is -2.24. The third-order valence-corrected chi connectivity index (χ3v) is 3.85. The fraction of sp³-hybridized carbons (Fsp3) is 0.933. The molecule has 4 nitrogen and oxygen atoms in total. The monoisotopic (exact) mass is 395 g/mol. The second-order valence-electron chi connectivity index (χ2n) is 5.76. The highest BCUT2D eigenvalue weighted by atomic mass is 127. The molecule has 2 N–H and O–H groups in total. The quantitative estimate of drug-likeness (QED) is 0.302. The van der Waals surface area contributed by atoms with Crippen LogP contribution in [0.3, 0.4) is 0 Å². The number of guanidine groups is 1. The molecule has 0 unspecified atom stereocenters. The highest BCUT2D eigenvalue weighted by Gasteiger charge is 2.20. The molecule has 2 saturated carbocycles. The van der Waals surface area contributed by atoms with Crippen molar-refractivity contribution < 1.29 is 4.74 Å². The summed E-state index contributed by atoms with van der Waals surface area (Å²) in [6.07, 6.45) is 9.36. The molecule has 2 rings (SSSR count). The molecule has 0 aromatic carbocycles. The molecular weight excluding hydrogens is 365 g/mol. The van der Waals surface area contributed by atoms with Crippen molar-refractivity contribution in [1.82, 2.24) is 10.6 Å². The van der Waals surface area contributed by atoms with E-state index in [1.807, 2.05) is 0 Å². The molecule has 5 heteroatoms. The maximum Gasteiger partial charge on any atom is 0.191 e.